The summed E-state index contributed by atoms with van der Waals surface area (Å²) < 4.78 is 2.21. The third-order valence-electron chi connectivity index (χ3n) is 3.77. The molecule has 1 atom stereocenters. The maximum Gasteiger partial charge on any atom is 0.0956 e. The molecule has 0 bridgehead atoms. The lowest BCUT2D eigenvalue weighted by Crippen LogP contribution is -2.31. The molecule has 3 rings (SSSR count). The molecule has 0 spiro atoms. The van der Waals surface area contributed by atoms with Gasteiger partial charge in [-0.25, -0.2) is 4.98 Å². The maximum atomic E-state index is 5.99. The van der Waals surface area contributed by atoms with Gasteiger partial charge in [-0.3, -0.25) is 0 Å². The minimum atomic E-state index is 0.280. The van der Waals surface area contributed by atoms with Gasteiger partial charge in [-0.05, 0) is 24.8 Å². The lowest BCUT2D eigenvalue weighted by Gasteiger charge is -2.21. The number of imidazole rings is 1. The van der Waals surface area contributed by atoms with E-state index in [1.54, 1.807) is 0 Å². The molecule has 2 heterocycles. The Morgan fingerprint density at radius 2 is 2.11 bits per heavy atom. The first-order valence-electron chi connectivity index (χ1n) is 6.67. The topological polar surface area (TPSA) is 43.8 Å². The molecule has 0 amide bonds. The monoisotopic (exact) mass is 241 g/mol. The first-order valence-corrected chi connectivity index (χ1v) is 6.67. The van der Waals surface area contributed by atoms with Gasteiger partial charge in [-0.15, -0.1) is 0 Å². The smallest absolute Gasteiger partial charge is 0.0956 e. The second kappa shape index (κ2) is 4.58. The molecule has 0 saturated carbocycles. The molecule has 0 radical (unpaired) electrons. The Balaban J connectivity index is 1.97. The van der Waals surface area contributed by atoms with Crippen molar-refractivity contribution in [2.45, 2.75) is 38.8 Å². The molecule has 0 fully saturated rings. The zero-order chi connectivity index (χ0) is 12.5. The summed E-state index contributed by atoms with van der Waals surface area (Å²) >= 11 is 0. The summed E-state index contributed by atoms with van der Waals surface area (Å²) in [6.07, 6.45) is 5.10. The molecule has 0 aliphatic carbocycles. The number of fused-ring (bicyclic) bond motifs is 1. The van der Waals surface area contributed by atoms with Gasteiger partial charge in [-0.1, -0.05) is 31.2 Å². The summed E-state index contributed by atoms with van der Waals surface area (Å²) in [6.45, 7) is 3.07. The zero-order valence-electron chi connectivity index (χ0n) is 10.8. The molecule has 1 aliphatic rings. The highest BCUT2D eigenvalue weighted by Gasteiger charge is 2.19. The molecule has 1 aromatic carbocycles. The van der Waals surface area contributed by atoms with Crippen LogP contribution in [0.1, 0.15) is 24.6 Å². The van der Waals surface area contributed by atoms with Gasteiger partial charge in [0.05, 0.1) is 12.0 Å². The number of rotatable bonds is 2. The maximum absolute atomic E-state index is 5.99. The van der Waals surface area contributed by atoms with Gasteiger partial charge >= 0.3 is 0 Å². The molecule has 1 aromatic heterocycles. The molecule has 18 heavy (non-hydrogen) atoms. The van der Waals surface area contributed by atoms with Crippen LogP contribution in [0.5, 0.6) is 0 Å². The van der Waals surface area contributed by atoms with Crippen molar-refractivity contribution in [3.8, 4) is 11.3 Å². The molecule has 1 unspecified atom stereocenters. The summed E-state index contributed by atoms with van der Waals surface area (Å²) in [7, 11) is 0. The van der Waals surface area contributed by atoms with Gasteiger partial charge in [0.25, 0.3) is 0 Å². The van der Waals surface area contributed by atoms with Crippen LogP contribution < -0.4 is 5.73 Å². The molecule has 3 heteroatoms. The Morgan fingerprint density at radius 1 is 1.33 bits per heavy atom. The number of hydrogen-bond acceptors (Lipinski definition) is 2. The van der Waals surface area contributed by atoms with Crippen molar-refractivity contribution in [1.29, 1.82) is 0 Å². The van der Waals surface area contributed by atoms with Crippen LogP contribution in [-0.4, -0.2) is 15.6 Å². The average molecular weight is 241 g/mol. The van der Waals surface area contributed by atoms with Gasteiger partial charge < -0.3 is 10.3 Å². The highest BCUT2D eigenvalue weighted by atomic mass is 15.1. The van der Waals surface area contributed by atoms with Crippen LogP contribution in [-0.2, 0) is 19.4 Å². The first-order chi connectivity index (χ1) is 8.78. The summed E-state index contributed by atoms with van der Waals surface area (Å²) in [5.41, 5.74) is 11.0. The second-order valence-electron chi connectivity index (χ2n) is 5.04. The van der Waals surface area contributed by atoms with Crippen LogP contribution in [0.3, 0.4) is 0 Å². The third kappa shape index (κ3) is 1.95. The third-order valence-corrected chi connectivity index (χ3v) is 3.77. The fraction of sp³-hybridized carbons (Fsp3) is 0.400. The van der Waals surface area contributed by atoms with E-state index in [4.69, 9.17) is 5.73 Å². The van der Waals surface area contributed by atoms with Gasteiger partial charge in [0.2, 0.25) is 0 Å². The quantitative estimate of drug-likeness (QED) is 0.877. The predicted molar refractivity (Wildman–Crippen MR) is 73.3 cm³/mol. The van der Waals surface area contributed by atoms with Crippen molar-refractivity contribution >= 4 is 0 Å². The van der Waals surface area contributed by atoms with E-state index < -0.39 is 0 Å². The number of hydrogen-bond donors (Lipinski definition) is 1. The van der Waals surface area contributed by atoms with Crippen molar-refractivity contribution in [2.24, 2.45) is 5.73 Å². The van der Waals surface area contributed by atoms with Gasteiger partial charge in [0.15, 0.2) is 0 Å². The molecule has 94 valence electrons. The SMILES string of the molecule is CCc1ccc(-c2ncn3c2CCC(N)C3)cc1. The van der Waals surface area contributed by atoms with Crippen molar-refractivity contribution in [1.82, 2.24) is 9.55 Å². The van der Waals surface area contributed by atoms with Gasteiger partial charge in [0.1, 0.15) is 0 Å². The van der Waals surface area contributed by atoms with Crippen LogP contribution in [0.2, 0.25) is 0 Å². The molecule has 2 N–H and O–H groups in total. The van der Waals surface area contributed by atoms with Crippen LogP contribution in [0.25, 0.3) is 11.3 Å². The number of nitrogens with two attached hydrogens (primary N) is 1. The number of aryl methyl sites for hydroxylation is 1. The Labute approximate surface area is 108 Å². The van der Waals surface area contributed by atoms with E-state index in [1.807, 2.05) is 6.33 Å². The summed E-state index contributed by atoms with van der Waals surface area (Å²) in [6, 6.07) is 9.01. The first kappa shape index (κ1) is 11.5. The van der Waals surface area contributed by atoms with Crippen molar-refractivity contribution < 1.29 is 0 Å². The van der Waals surface area contributed by atoms with Crippen molar-refractivity contribution in [3.63, 3.8) is 0 Å². The second-order valence-corrected chi connectivity index (χ2v) is 5.04. The number of benzene rings is 1. The van der Waals surface area contributed by atoms with Gasteiger partial charge in [0, 0.05) is 23.8 Å². The average Bonchev–Trinajstić information content (AvgIpc) is 2.81. The van der Waals surface area contributed by atoms with Crippen molar-refractivity contribution in [3.05, 3.63) is 41.9 Å². The van der Waals surface area contributed by atoms with Crippen LogP contribution >= 0.6 is 0 Å². The normalized spacial score (nSPS) is 18.7. The highest BCUT2D eigenvalue weighted by Crippen LogP contribution is 2.26. The lowest BCUT2D eigenvalue weighted by atomic mass is 10.0. The van der Waals surface area contributed by atoms with E-state index in [2.05, 4.69) is 40.7 Å². The minimum absolute atomic E-state index is 0.280. The molecule has 0 saturated heterocycles. The molecule has 3 nitrogen and oxygen atoms in total. The van der Waals surface area contributed by atoms with Crippen molar-refractivity contribution in [2.75, 3.05) is 0 Å². The number of nitrogens with zero attached hydrogens (tertiary/aromatic N) is 2. The van der Waals surface area contributed by atoms with Crippen LogP contribution in [0.15, 0.2) is 30.6 Å². The number of aromatic nitrogens is 2. The Kier molecular flexibility index (Phi) is 2.92. The fourth-order valence-corrected chi connectivity index (χ4v) is 2.63. The van der Waals surface area contributed by atoms with E-state index in [0.29, 0.717) is 0 Å². The Hall–Kier alpha value is -1.61. The van der Waals surface area contributed by atoms with E-state index in [9.17, 15) is 0 Å². The van der Waals surface area contributed by atoms with E-state index in [0.717, 1.165) is 31.5 Å². The van der Waals surface area contributed by atoms with Crippen LogP contribution in [0.4, 0.5) is 0 Å². The zero-order valence-corrected chi connectivity index (χ0v) is 10.8. The molecular formula is C15H19N3. The minimum Gasteiger partial charge on any atom is -0.332 e. The van der Waals surface area contributed by atoms with Gasteiger partial charge in [-0.2, -0.15) is 0 Å². The summed E-state index contributed by atoms with van der Waals surface area (Å²) in [4.78, 5) is 4.57. The van der Waals surface area contributed by atoms with E-state index in [1.165, 1.54) is 16.8 Å². The fourth-order valence-electron chi connectivity index (χ4n) is 2.63. The summed E-state index contributed by atoms with van der Waals surface area (Å²) in [5.74, 6) is 0. The molecule has 1 aliphatic heterocycles. The predicted octanol–water partition coefficient (Wildman–Crippen LogP) is 2.39. The Bertz CT molecular complexity index is 539. The standard InChI is InChI=1S/C15H19N3/c1-2-11-3-5-12(6-4-11)15-14-8-7-13(16)9-18(14)10-17-15/h3-6,10,13H,2,7-9,16H2,1H3. The molecular weight excluding hydrogens is 222 g/mol. The lowest BCUT2D eigenvalue weighted by molar-refractivity contribution is 0.461. The molecule has 2 aromatic rings. The summed E-state index contributed by atoms with van der Waals surface area (Å²) in [5, 5.41) is 0. The van der Waals surface area contributed by atoms with E-state index in [-0.39, 0.29) is 6.04 Å². The Morgan fingerprint density at radius 3 is 2.83 bits per heavy atom. The van der Waals surface area contributed by atoms with Crippen LogP contribution in [0, 0.1) is 0 Å². The highest BCUT2D eigenvalue weighted by molar-refractivity contribution is 5.62. The largest absolute Gasteiger partial charge is 0.332 e. The van der Waals surface area contributed by atoms with E-state index >= 15 is 0 Å².